The van der Waals surface area contributed by atoms with Crippen LogP contribution in [-0.4, -0.2) is 55.5 Å². The van der Waals surface area contributed by atoms with Gasteiger partial charge in [0.15, 0.2) is 0 Å². The van der Waals surface area contributed by atoms with Crippen molar-refractivity contribution in [2.75, 3.05) is 40.6 Å². The molecule has 1 N–H and O–H groups in total. The molecule has 0 aliphatic rings. The van der Waals surface area contributed by atoms with Crippen LogP contribution in [0.15, 0.2) is 6.20 Å². The topological polar surface area (TPSA) is 65.7 Å². The van der Waals surface area contributed by atoms with E-state index in [0.717, 1.165) is 0 Å². The van der Waals surface area contributed by atoms with Crippen molar-refractivity contribution in [3.63, 3.8) is 0 Å². The molecule has 1 unspecified atom stereocenters. The van der Waals surface area contributed by atoms with Crippen molar-refractivity contribution in [1.29, 1.82) is 0 Å². The van der Waals surface area contributed by atoms with Crippen LogP contribution in [0.2, 0.25) is 5.02 Å². The Balaban J connectivity index is 2.46. The molecule has 6 nitrogen and oxygen atoms in total. The predicted octanol–water partition coefficient (Wildman–Crippen LogP) is 1.27. The third kappa shape index (κ3) is 5.46. The second-order valence-corrected chi connectivity index (χ2v) is 4.41. The van der Waals surface area contributed by atoms with Crippen LogP contribution in [0.3, 0.4) is 0 Å². The average molecular weight is 293 g/mol. The zero-order chi connectivity index (χ0) is 14.1. The summed E-state index contributed by atoms with van der Waals surface area (Å²) in [6, 6.07) is 0. The molecule has 110 valence electrons. The summed E-state index contributed by atoms with van der Waals surface area (Å²) in [6.45, 7) is 2.57. The van der Waals surface area contributed by atoms with Crippen LogP contribution in [-0.2, 0) is 20.8 Å². The fourth-order valence-corrected chi connectivity index (χ4v) is 1.90. The van der Waals surface area contributed by atoms with Crippen molar-refractivity contribution in [3.05, 3.63) is 16.9 Å². The van der Waals surface area contributed by atoms with E-state index in [-0.39, 0.29) is 0 Å². The van der Waals surface area contributed by atoms with Gasteiger partial charge in [-0.2, -0.15) is 5.10 Å². The SMILES string of the molecule is COCCOCCC(O)c1c(Cl)cnn1CCOC. The first kappa shape index (κ1) is 16.4. The number of aromatic nitrogens is 2. The Morgan fingerprint density at radius 3 is 2.68 bits per heavy atom. The molecule has 0 aliphatic carbocycles. The number of nitrogens with zero attached hydrogens (tertiary/aromatic N) is 2. The van der Waals surface area contributed by atoms with E-state index in [2.05, 4.69) is 5.10 Å². The Morgan fingerprint density at radius 1 is 1.26 bits per heavy atom. The van der Waals surface area contributed by atoms with Gasteiger partial charge in [0.2, 0.25) is 0 Å². The number of rotatable bonds is 10. The second-order valence-electron chi connectivity index (χ2n) is 4.00. The molecule has 1 heterocycles. The van der Waals surface area contributed by atoms with Gasteiger partial charge in [0.25, 0.3) is 0 Å². The number of ether oxygens (including phenoxy) is 3. The maximum Gasteiger partial charge on any atom is 0.0993 e. The van der Waals surface area contributed by atoms with Crippen LogP contribution in [0.5, 0.6) is 0 Å². The van der Waals surface area contributed by atoms with Gasteiger partial charge in [0, 0.05) is 27.2 Å². The summed E-state index contributed by atoms with van der Waals surface area (Å²) >= 11 is 6.04. The minimum absolute atomic E-state index is 0.441. The molecule has 1 rings (SSSR count). The zero-order valence-corrected chi connectivity index (χ0v) is 12.1. The summed E-state index contributed by atoms with van der Waals surface area (Å²) in [4.78, 5) is 0. The van der Waals surface area contributed by atoms with Crippen LogP contribution in [0.1, 0.15) is 18.2 Å². The van der Waals surface area contributed by atoms with E-state index in [1.807, 2.05) is 0 Å². The summed E-state index contributed by atoms with van der Waals surface area (Å²) in [6.07, 6.45) is 1.29. The highest BCUT2D eigenvalue weighted by Gasteiger charge is 2.17. The van der Waals surface area contributed by atoms with Crippen LogP contribution in [0.25, 0.3) is 0 Å². The fourth-order valence-electron chi connectivity index (χ4n) is 1.64. The Hall–Kier alpha value is -0.660. The van der Waals surface area contributed by atoms with Crippen molar-refractivity contribution < 1.29 is 19.3 Å². The third-order valence-electron chi connectivity index (χ3n) is 2.62. The van der Waals surface area contributed by atoms with Crippen LogP contribution >= 0.6 is 11.6 Å². The maximum absolute atomic E-state index is 10.1. The quantitative estimate of drug-likeness (QED) is 0.658. The summed E-state index contributed by atoms with van der Waals surface area (Å²) < 4.78 is 16.8. The second kappa shape index (κ2) is 9.28. The molecule has 1 aromatic heterocycles. The molecule has 1 aromatic rings. The lowest BCUT2D eigenvalue weighted by molar-refractivity contribution is 0.0453. The first-order valence-corrected chi connectivity index (χ1v) is 6.53. The molecule has 0 radical (unpaired) electrons. The average Bonchev–Trinajstić information content (AvgIpc) is 2.77. The molecule has 0 saturated heterocycles. The van der Waals surface area contributed by atoms with Gasteiger partial charge in [-0.1, -0.05) is 11.6 Å². The van der Waals surface area contributed by atoms with E-state index in [0.29, 0.717) is 50.1 Å². The zero-order valence-electron chi connectivity index (χ0n) is 11.3. The highest BCUT2D eigenvalue weighted by Crippen LogP contribution is 2.25. The number of hydrogen-bond donors (Lipinski definition) is 1. The minimum atomic E-state index is -0.700. The third-order valence-corrected chi connectivity index (χ3v) is 2.91. The summed E-state index contributed by atoms with van der Waals surface area (Å²) in [5, 5.41) is 14.7. The lowest BCUT2D eigenvalue weighted by atomic mass is 10.2. The van der Waals surface area contributed by atoms with Crippen molar-refractivity contribution in [2.24, 2.45) is 0 Å². The number of aliphatic hydroxyl groups excluding tert-OH is 1. The number of aliphatic hydroxyl groups is 1. The molecule has 0 fully saturated rings. The van der Waals surface area contributed by atoms with Gasteiger partial charge >= 0.3 is 0 Å². The lowest BCUT2D eigenvalue weighted by Crippen LogP contribution is -2.14. The molecule has 0 saturated carbocycles. The molecule has 0 aliphatic heterocycles. The molecular formula is C12H21ClN2O4. The summed E-state index contributed by atoms with van der Waals surface area (Å²) in [7, 11) is 3.23. The molecule has 1 atom stereocenters. The van der Waals surface area contributed by atoms with Gasteiger partial charge < -0.3 is 19.3 Å². The predicted molar refractivity (Wildman–Crippen MR) is 71.4 cm³/mol. The van der Waals surface area contributed by atoms with Gasteiger partial charge in [-0.3, -0.25) is 4.68 Å². The van der Waals surface area contributed by atoms with E-state index in [1.165, 1.54) is 6.20 Å². The molecule has 0 amide bonds. The number of halogens is 1. The number of hydrogen-bond acceptors (Lipinski definition) is 5. The minimum Gasteiger partial charge on any atom is -0.387 e. The summed E-state index contributed by atoms with van der Waals surface area (Å²) in [5.41, 5.74) is 0.606. The van der Waals surface area contributed by atoms with E-state index >= 15 is 0 Å². The van der Waals surface area contributed by atoms with Gasteiger partial charge in [-0.25, -0.2) is 0 Å². The van der Waals surface area contributed by atoms with Crippen LogP contribution < -0.4 is 0 Å². The van der Waals surface area contributed by atoms with Crippen molar-refractivity contribution in [3.8, 4) is 0 Å². The van der Waals surface area contributed by atoms with Crippen molar-refractivity contribution >= 4 is 11.6 Å². The maximum atomic E-state index is 10.1. The van der Waals surface area contributed by atoms with Gasteiger partial charge in [-0.15, -0.1) is 0 Å². The molecule has 19 heavy (non-hydrogen) atoms. The standard InChI is InChI=1S/C12H21ClN2O4/c1-17-6-4-15-12(10(13)9-14-15)11(16)3-5-19-8-7-18-2/h9,11,16H,3-8H2,1-2H3. The van der Waals surface area contributed by atoms with Gasteiger partial charge in [0.05, 0.1) is 49.4 Å². The van der Waals surface area contributed by atoms with E-state index in [1.54, 1.807) is 18.9 Å². The number of methoxy groups -OCH3 is 2. The lowest BCUT2D eigenvalue weighted by Gasteiger charge is -2.14. The molecule has 0 aromatic carbocycles. The van der Waals surface area contributed by atoms with Gasteiger partial charge in [-0.05, 0) is 0 Å². The van der Waals surface area contributed by atoms with Crippen molar-refractivity contribution in [1.82, 2.24) is 9.78 Å². The largest absolute Gasteiger partial charge is 0.387 e. The van der Waals surface area contributed by atoms with Gasteiger partial charge in [0.1, 0.15) is 0 Å². The Kier molecular flexibility index (Phi) is 8.00. The monoisotopic (exact) mass is 292 g/mol. The Morgan fingerprint density at radius 2 is 2.00 bits per heavy atom. The van der Waals surface area contributed by atoms with Crippen LogP contribution in [0, 0.1) is 0 Å². The normalized spacial score (nSPS) is 12.8. The molecule has 7 heteroatoms. The first-order valence-electron chi connectivity index (χ1n) is 6.15. The molecular weight excluding hydrogens is 272 g/mol. The highest BCUT2D eigenvalue weighted by molar-refractivity contribution is 6.31. The fraction of sp³-hybridized carbons (Fsp3) is 0.750. The van der Waals surface area contributed by atoms with E-state index in [4.69, 9.17) is 25.8 Å². The van der Waals surface area contributed by atoms with E-state index in [9.17, 15) is 5.11 Å². The molecule has 0 spiro atoms. The first-order chi connectivity index (χ1) is 9.20. The smallest absolute Gasteiger partial charge is 0.0993 e. The van der Waals surface area contributed by atoms with Crippen LogP contribution in [0.4, 0.5) is 0 Å². The Labute approximate surface area is 118 Å². The molecule has 0 bridgehead atoms. The van der Waals surface area contributed by atoms with Crippen molar-refractivity contribution in [2.45, 2.75) is 19.1 Å². The van der Waals surface area contributed by atoms with E-state index < -0.39 is 6.10 Å². The summed E-state index contributed by atoms with van der Waals surface area (Å²) in [5.74, 6) is 0. The Bertz CT molecular complexity index is 359. The highest BCUT2D eigenvalue weighted by atomic mass is 35.5.